The molecule has 110 valence electrons. The molecule has 0 saturated carbocycles. The number of carbonyl (C=O) groups is 1. The van der Waals surface area contributed by atoms with E-state index in [0.717, 1.165) is 4.88 Å². The van der Waals surface area contributed by atoms with E-state index in [9.17, 15) is 4.79 Å². The molecule has 2 aromatic rings. The van der Waals surface area contributed by atoms with Gasteiger partial charge in [0.2, 0.25) is 5.88 Å². The first-order valence-corrected chi connectivity index (χ1v) is 7.48. The Morgan fingerprint density at radius 2 is 2.33 bits per heavy atom. The number of hydrogen-bond acceptors (Lipinski definition) is 4. The first-order chi connectivity index (χ1) is 10.2. The molecule has 2 rings (SSSR count). The third-order valence-corrected chi connectivity index (χ3v) is 4.02. The van der Waals surface area contributed by atoms with Gasteiger partial charge in [-0.05, 0) is 24.3 Å². The number of hydrogen-bond donors (Lipinski definition) is 0. The van der Waals surface area contributed by atoms with E-state index in [1.807, 2.05) is 12.1 Å². The standard InChI is InChI=1S/C15H15ClN2O2S/c1-3-9-18(10-11-6-7-13(16)21-11)15(19)12-5-4-8-17-14(12)20-2/h3-8H,1,9-10H2,2H3. The van der Waals surface area contributed by atoms with Gasteiger partial charge < -0.3 is 9.64 Å². The molecular formula is C15H15ClN2O2S. The number of amides is 1. The summed E-state index contributed by atoms with van der Waals surface area (Å²) < 4.78 is 5.85. The van der Waals surface area contributed by atoms with Crippen molar-refractivity contribution in [2.75, 3.05) is 13.7 Å². The number of nitrogens with zero attached hydrogens (tertiary/aromatic N) is 2. The van der Waals surface area contributed by atoms with Crippen molar-refractivity contribution < 1.29 is 9.53 Å². The highest BCUT2D eigenvalue weighted by atomic mass is 35.5. The van der Waals surface area contributed by atoms with E-state index < -0.39 is 0 Å². The second kappa shape index (κ2) is 7.24. The number of methoxy groups -OCH3 is 1. The van der Waals surface area contributed by atoms with Crippen LogP contribution in [0.2, 0.25) is 4.34 Å². The SMILES string of the molecule is C=CCN(Cc1ccc(Cl)s1)C(=O)c1cccnc1OC. The molecule has 0 aliphatic rings. The quantitative estimate of drug-likeness (QED) is 0.763. The molecule has 2 heterocycles. The first-order valence-electron chi connectivity index (χ1n) is 6.29. The van der Waals surface area contributed by atoms with E-state index in [4.69, 9.17) is 16.3 Å². The fourth-order valence-electron chi connectivity index (χ4n) is 1.89. The maximum Gasteiger partial charge on any atom is 0.259 e. The first kappa shape index (κ1) is 15.5. The predicted molar refractivity (Wildman–Crippen MR) is 85.1 cm³/mol. The summed E-state index contributed by atoms with van der Waals surface area (Å²) >= 11 is 7.38. The molecule has 0 radical (unpaired) electrons. The van der Waals surface area contributed by atoms with Crippen LogP contribution in [-0.4, -0.2) is 29.4 Å². The Morgan fingerprint density at radius 3 is 2.95 bits per heavy atom. The number of halogens is 1. The van der Waals surface area contributed by atoms with E-state index in [2.05, 4.69) is 11.6 Å². The van der Waals surface area contributed by atoms with Gasteiger partial charge in [-0.2, -0.15) is 0 Å². The minimum Gasteiger partial charge on any atom is -0.480 e. The van der Waals surface area contributed by atoms with Crippen molar-refractivity contribution in [1.82, 2.24) is 9.88 Å². The normalized spacial score (nSPS) is 10.2. The Kier molecular flexibility index (Phi) is 5.36. The average Bonchev–Trinajstić information content (AvgIpc) is 2.91. The zero-order valence-electron chi connectivity index (χ0n) is 11.6. The summed E-state index contributed by atoms with van der Waals surface area (Å²) in [5, 5.41) is 0. The Balaban J connectivity index is 2.24. The minimum absolute atomic E-state index is 0.149. The molecule has 4 nitrogen and oxygen atoms in total. The van der Waals surface area contributed by atoms with Gasteiger partial charge in [0.15, 0.2) is 0 Å². The molecule has 0 unspecified atom stereocenters. The number of thiophene rings is 1. The largest absolute Gasteiger partial charge is 0.480 e. The number of aromatic nitrogens is 1. The van der Waals surface area contributed by atoms with E-state index in [1.165, 1.54) is 18.4 Å². The molecular weight excluding hydrogens is 308 g/mol. The summed E-state index contributed by atoms with van der Waals surface area (Å²) in [4.78, 5) is 19.4. The van der Waals surface area contributed by atoms with Crippen molar-refractivity contribution in [3.8, 4) is 5.88 Å². The zero-order chi connectivity index (χ0) is 15.2. The lowest BCUT2D eigenvalue weighted by Gasteiger charge is -2.21. The van der Waals surface area contributed by atoms with Gasteiger partial charge in [0.1, 0.15) is 5.56 Å². The molecule has 6 heteroatoms. The Bertz CT molecular complexity index is 642. The van der Waals surface area contributed by atoms with Crippen molar-refractivity contribution >= 4 is 28.8 Å². The predicted octanol–water partition coefficient (Wildman–Crippen LogP) is 3.63. The molecule has 21 heavy (non-hydrogen) atoms. The van der Waals surface area contributed by atoms with Crippen LogP contribution in [0.3, 0.4) is 0 Å². The van der Waals surface area contributed by atoms with Gasteiger partial charge in [-0.3, -0.25) is 4.79 Å². The summed E-state index contributed by atoms with van der Waals surface area (Å²) in [6.45, 7) is 4.61. The highest BCUT2D eigenvalue weighted by Crippen LogP contribution is 2.24. The van der Waals surface area contributed by atoms with E-state index in [-0.39, 0.29) is 5.91 Å². The van der Waals surface area contributed by atoms with Gasteiger partial charge in [-0.25, -0.2) is 4.98 Å². The summed E-state index contributed by atoms with van der Waals surface area (Å²) in [6, 6.07) is 7.15. The average molecular weight is 323 g/mol. The van der Waals surface area contributed by atoms with Crippen molar-refractivity contribution in [3.05, 3.63) is 57.9 Å². The fraction of sp³-hybridized carbons (Fsp3) is 0.200. The van der Waals surface area contributed by atoms with E-state index in [0.29, 0.717) is 28.9 Å². The highest BCUT2D eigenvalue weighted by Gasteiger charge is 2.20. The van der Waals surface area contributed by atoms with Crippen LogP contribution in [0.1, 0.15) is 15.2 Å². The second-order valence-electron chi connectivity index (χ2n) is 4.24. The zero-order valence-corrected chi connectivity index (χ0v) is 13.2. The monoisotopic (exact) mass is 322 g/mol. The van der Waals surface area contributed by atoms with Crippen LogP contribution in [0, 0.1) is 0 Å². The molecule has 0 aliphatic carbocycles. The Hall–Kier alpha value is -1.85. The fourth-order valence-corrected chi connectivity index (χ4v) is 2.99. The van der Waals surface area contributed by atoms with Crippen LogP contribution >= 0.6 is 22.9 Å². The van der Waals surface area contributed by atoms with E-state index >= 15 is 0 Å². The van der Waals surface area contributed by atoms with Gasteiger partial charge in [0.05, 0.1) is 18.0 Å². The van der Waals surface area contributed by atoms with Crippen LogP contribution in [0.15, 0.2) is 43.1 Å². The molecule has 0 N–H and O–H groups in total. The molecule has 0 spiro atoms. The maximum absolute atomic E-state index is 12.7. The van der Waals surface area contributed by atoms with Gasteiger partial charge in [-0.15, -0.1) is 17.9 Å². The number of ether oxygens (including phenoxy) is 1. The minimum atomic E-state index is -0.149. The Morgan fingerprint density at radius 1 is 1.52 bits per heavy atom. The molecule has 0 bridgehead atoms. The number of pyridine rings is 1. The number of rotatable bonds is 6. The van der Waals surface area contributed by atoms with Crippen LogP contribution < -0.4 is 4.74 Å². The number of carbonyl (C=O) groups excluding carboxylic acids is 1. The van der Waals surface area contributed by atoms with Crippen molar-refractivity contribution in [2.45, 2.75) is 6.54 Å². The van der Waals surface area contributed by atoms with Gasteiger partial charge in [0, 0.05) is 17.6 Å². The van der Waals surface area contributed by atoms with Crippen LogP contribution in [-0.2, 0) is 6.54 Å². The molecule has 0 atom stereocenters. The molecule has 1 amide bonds. The summed E-state index contributed by atoms with van der Waals surface area (Å²) in [5.41, 5.74) is 0.435. The van der Waals surface area contributed by atoms with Crippen molar-refractivity contribution in [2.24, 2.45) is 0 Å². The molecule has 0 fully saturated rings. The van der Waals surface area contributed by atoms with Crippen LogP contribution in [0.5, 0.6) is 5.88 Å². The molecule has 0 saturated heterocycles. The van der Waals surface area contributed by atoms with Gasteiger partial charge in [-0.1, -0.05) is 17.7 Å². The van der Waals surface area contributed by atoms with Gasteiger partial charge >= 0.3 is 0 Å². The van der Waals surface area contributed by atoms with E-state index in [1.54, 1.807) is 29.3 Å². The molecule has 0 aliphatic heterocycles. The summed E-state index contributed by atoms with van der Waals surface area (Å²) in [7, 11) is 1.50. The molecule has 0 aromatic carbocycles. The summed E-state index contributed by atoms with van der Waals surface area (Å²) in [5.74, 6) is 0.171. The summed E-state index contributed by atoms with van der Waals surface area (Å²) in [6.07, 6.45) is 3.28. The van der Waals surface area contributed by atoms with Crippen LogP contribution in [0.4, 0.5) is 0 Å². The second-order valence-corrected chi connectivity index (χ2v) is 6.04. The topological polar surface area (TPSA) is 42.4 Å². The smallest absolute Gasteiger partial charge is 0.259 e. The lowest BCUT2D eigenvalue weighted by Crippen LogP contribution is -2.30. The third kappa shape index (κ3) is 3.83. The van der Waals surface area contributed by atoms with Crippen molar-refractivity contribution in [3.63, 3.8) is 0 Å². The lowest BCUT2D eigenvalue weighted by molar-refractivity contribution is 0.0760. The molecule has 2 aromatic heterocycles. The third-order valence-electron chi connectivity index (χ3n) is 2.81. The Labute approximate surface area is 132 Å². The van der Waals surface area contributed by atoms with Crippen LogP contribution in [0.25, 0.3) is 0 Å². The lowest BCUT2D eigenvalue weighted by atomic mass is 10.2. The van der Waals surface area contributed by atoms with Crippen molar-refractivity contribution in [1.29, 1.82) is 0 Å². The maximum atomic E-state index is 12.7. The highest BCUT2D eigenvalue weighted by molar-refractivity contribution is 7.16. The van der Waals surface area contributed by atoms with Gasteiger partial charge in [0.25, 0.3) is 5.91 Å².